The minimum Gasteiger partial charge on any atom is -0.368 e. The molecule has 0 fully saturated rings. The van der Waals surface area contributed by atoms with Crippen LogP contribution in [-0.4, -0.2) is 29.3 Å². The van der Waals surface area contributed by atoms with Crippen LogP contribution in [0.3, 0.4) is 0 Å². The molecule has 0 saturated carbocycles. The Balaban J connectivity index is 2.31. The molecule has 0 atom stereocenters. The van der Waals surface area contributed by atoms with E-state index in [0.29, 0.717) is 11.3 Å². The van der Waals surface area contributed by atoms with Crippen LogP contribution in [-0.2, 0) is 4.79 Å². The minimum atomic E-state index is -0.527. The highest BCUT2D eigenvalue weighted by Crippen LogP contribution is 2.22. The standard InChI is InChI=1S/C18H21N3O2/c1-13(2)21(12-17(19)22)18(23)15-10-6-7-11-16(15)20-14-8-4-3-5-9-14/h3-11,13,20H,12H2,1-2H3,(H2,19,22). The van der Waals surface area contributed by atoms with E-state index >= 15 is 0 Å². The van der Waals surface area contributed by atoms with Gasteiger partial charge in [-0.25, -0.2) is 0 Å². The van der Waals surface area contributed by atoms with Gasteiger partial charge in [-0.3, -0.25) is 9.59 Å². The molecule has 120 valence electrons. The summed E-state index contributed by atoms with van der Waals surface area (Å²) in [4.78, 5) is 25.5. The van der Waals surface area contributed by atoms with Crippen LogP contribution in [0.5, 0.6) is 0 Å². The van der Waals surface area contributed by atoms with Crippen LogP contribution in [0.2, 0.25) is 0 Å². The van der Waals surface area contributed by atoms with Gasteiger partial charge >= 0.3 is 0 Å². The van der Waals surface area contributed by atoms with Gasteiger partial charge in [0, 0.05) is 11.7 Å². The Morgan fingerprint density at radius 2 is 1.65 bits per heavy atom. The van der Waals surface area contributed by atoms with Gasteiger partial charge in [-0.05, 0) is 38.1 Å². The van der Waals surface area contributed by atoms with Crippen molar-refractivity contribution in [3.8, 4) is 0 Å². The van der Waals surface area contributed by atoms with Crippen LogP contribution < -0.4 is 11.1 Å². The summed E-state index contributed by atoms with van der Waals surface area (Å²) in [7, 11) is 0. The van der Waals surface area contributed by atoms with Gasteiger partial charge in [0.15, 0.2) is 0 Å². The Morgan fingerprint density at radius 3 is 2.26 bits per heavy atom. The van der Waals surface area contributed by atoms with Crippen molar-refractivity contribution in [1.29, 1.82) is 0 Å². The van der Waals surface area contributed by atoms with Crippen LogP contribution in [0.1, 0.15) is 24.2 Å². The number of para-hydroxylation sites is 2. The molecule has 2 rings (SSSR count). The molecule has 23 heavy (non-hydrogen) atoms. The Hall–Kier alpha value is -2.82. The largest absolute Gasteiger partial charge is 0.368 e. The van der Waals surface area contributed by atoms with Crippen molar-refractivity contribution in [2.75, 3.05) is 11.9 Å². The van der Waals surface area contributed by atoms with Crippen LogP contribution in [0.15, 0.2) is 54.6 Å². The molecule has 0 unspecified atom stereocenters. The monoisotopic (exact) mass is 311 g/mol. The number of primary amides is 1. The number of hydrogen-bond donors (Lipinski definition) is 2. The van der Waals surface area contributed by atoms with Gasteiger partial charge in [-0.2, -0.15) is 0 Å². The molecule has 2 amide bonds. The number of anilines is 2. The number of nitrogens with zero attached hydrogens (tertiary/aromatic N) is 1. The molecule has 3 N–H and O–H groups in total. The summed E-state index contributed by atoms with van der Waals surface area (Å²) in [6.45, 7) is 3.61. The van der Waals surface area contributed by atoms with Gasteiger partial charge in [0.05, 0.1) is 17.8 Å². The van der Waals surface area contributed by atoms with Gasteiger partial charge in [0.2, 0.25) is 5.91 Å². The Bertz CT molecular complexity index is 684. The van der Waals surface area contributed by atoms with Crippen LogP contribution >= 0.6 is 0 Å². The number of rotatable bonds is 6. The fourth-order valence-corrected chi connectivity index (χ4v) is 2.27. The molecule has 0 aliphatic carbocycles. The molecule has 5 heteroatoms. The van der Waals surface area contributed by atoms with Crippen molar-refractivity contribution in [2.24, 2.45) is 5.73 Å². The number of nitrogens with two attached hydrogens (primary N) is 1. The normalized spacial score (nSPS) is 10.4. The second-order valence-corrected chi connectivity index (χ2v) is 5.53. The first-order valence-electron chi connectivity index (χ1n) is 7.49. The van der Waals surface area contributed by atoms with Crippen molar-refractivity contribution in [3.05, 3.63) is 60.2 Å². The second kappa shape index (κ2) is 7.45. The molecular weight excluding hydrogens is 290 g/mol. The molecule has 0 radical (unpaired) electrons. The lowest BCUT2D eigenvalue weighted by molar-refractivity contribution is -0.119. The molecule has 0 aliphatic rings. The fraction of sp³-hybridized carbons (Fsp3) is 0.222. The topological polar surface area (TPSA) is 75.4 Å². The van der Waals surface area contributed by atoms with Crippen LogP contribution in [0.4, 0.5) is 11.4 Å². The highest BCUT2D eigenvalue weighted by Gasteiger charge is 2.22. The van der Waals surface area contributed by atoms with Crippen molar-refractivity contribution in [1.82, 2.24) is 4.90 Å². The molecule has 5 nitrogen and oxygen atoms in total. The van der Waals surface area contributed by atoms with E-state index in [2.05, 4.69) is 5.32 Å². The summed E-state index contributed by atoms with van der Waals surface area (Å²) in [5.41, 5.74) is 7.35. The number of carbonyl (C=O) groups is 2. The predicted molar refractivity (Wildman–Crippen MR) is 91.5 cm³/mol. The average Bonchev–Trinajstić information content (AvgIpc) is 2.53. The Kier molecular flexibility index (Phi) is 5.36. The average molecular weight is 311 g/mol. The van der Waals surface area contributed by atoms with E-state index in [1.165, 1.54) is 4.90 Å². The number of carbonyl (C=O) groups excluding carboxylic acids is 2. The van der Waals surface area contributed by atoms with E-state index < -0.39 is 5.91 Å². The number of nitrogens with one attached hydrogen (secondary N) is 1. The third-order valence-corrected chi connectivity index (χ3v) is 3.42. The fourth-order valence-electron chi connectivity index (χ4n) is 2.27. The maximum Gasteiger partial charge on any atom is 0.256 e. The van der Waals surface area contributed by atoms with Gasteiger partial charge in [0.25, 0.3) is 5.91 Å². The minimum absolute atomic E-state index is 0.101. The molecule has 0 aliphatic heterocycles. The SMILES string of the molecule is CC(C)N(CC(N)=O)C(=O)c1ccccc1Nc1ccccc1. The number of benzene rings is 2. The first kappa shape index (κ1) is 16.5. The van der Waals surface area contributed by atoms with Crippen molar-refractivity contribution in [3.63, 3.8) is 0 Å². The third kappa shape index (κ3) is 4.32. The Morgan fingerprint density at radius 1 is 1.04 bits per heavy atom. The number of hydrogen-bond acceptors (Lipinski definition) is 3. The highest BCUT2D eigenvalue weighted by molar-refractivity contribution is 6.01. The first-order valence-corrected chi connectivity index (χ1v) is 7.49. The lowest BCUT2D eigenvalue weighted by Gasteiger charge is -2.26. The van der Waals surface area contributed by atoms with Crippen LogP contribution in [0.25, 0.3) is 0 Å². The summed E-state index contributed by atoms with van der Waals surface area (Å²) in [5.74, 6) is -0.751. The number of amides is 2. The predicted octanol–water partition coefficient (Wildman–Crippen LogP) is 2.77. The first-order chi connectivity index (χ1) is 11.0. The van der Waals surface area contributed by atoms with Crippen molar-refractivity contribution < 1.29 is 9.59 Å². The lowest BCUT2D eigenvalue weighted by atomic mass is 10.1. The van der Waals surface area contributed by atoms with Gasteiger partial charge in [-0.1, -0.05) is 30.3 Å². The van der Waals surface area contributed by atoms with Crippen molar-refractivity contribution in [2.45, 2.75) is 19.9 Å². The summed E-state index contributed by atoms with van der Waals surface area (Å²) >= 11 is 0. The van der Waals surface area contributed by atoms with E-state index in [0.717, 1.165) is 5.69 Å². The van der Waals surface area contributed by atoms with E-state index in [4.69, 9.17) is 5.73 Å². The third-order valence-electron chi connectivity index (χ3n) is 3.42. The summed E-state index contributed by atoms with van der Waals surface area (Å²) in [6, 6.07) is 16.7. The van der Waals surface area contributed by atoms with Gasteiger partial charge in [0.1, 0.15) is 0 Å². The van der Waals surface area contributed by atoms with Gasteiger partial charge in [-0.15, -0.1) is 0 Å². The molecule has 2 aromatic rings. The van der Waals surface area contributed by atoms with E-state index in [9.17, 15) is 9.59 Å². The molecule has 0 spiro atoms. The van der Waals surface area contributed by atoms with E-state index in [-0.39, 0.29) is 18.5 Å². The van der Waals surface area contributed by atoms with Crippen LogP contribution in [0, 0.1) is 0 Å². The molecule has 0 heterocycles. The van der Waals surface area contributed by atoms with E-state index in [1.54, 1.807) is 12.1 Å². The quantitative estimate of drug-likeness (QED) is 0.861. The van der Waals surface area contributed by atoms with E-state index in [1.807, 2.05) is 56.3 Å². The zero-order valence-electron chi connectivity index (χ0n) is 13.3. The molecule has 2 aromatic carbocycles. The van der Waals surface area contributed by atoms with Crippen molar-refractivity contribution >= 4 is 23.2 Å². The summed E-state index contributed by atoms with van der Waals surface area (Å²) in [5, 5.41) is 3.24. The molecule has 0 bridgehead atoms. The lowest BCUT2D eigenvalue weighted by Crippen LogP contribution is -2.42. The smallest absolute Gasteiger partial charge is 0.256 e. The maximum atomic E-state index is 12.8. The molecule has 0 aromatic heterocycles. The molecular formula is C18H21N3O2. The maximum absolute atomic E-state index is 12.8. The summed E-state index contributed by atoms with van der Waals surface area (Å²) in [6.07, 6.45) is 0. The zero-order valence-corrected chi connectivity index (χ0v) is 13.3. The zero-order chi connectivity index (χ0) is 16.8. The molecule has 0 saturated heterocycles. The second-order valence-electron chi connectivity index (χ2n) is 5.53. The Labute approximate surface area is 136 Å². The summed E-state index contributed by atoms with van der Waals surface area (Å²) < 4.78 is 0. The van der Waals surface area contributed by atoms with Gasteiger partial charge < -0.3 is 16.0 Å². The highest BCUT2D eigenvalue weighted by atomic mass is 16.2.